The molecule has 1 saturated heterocycles. The Morgan fingerprint density at radius 1 is 1.50 bits per heavy atom. The average Bonchev–Trinajstić information content (AvgIpc) is 3.04. The van der Waals surface area contributed by atoms with Gasteiger partial charge in [0.1, 0.15) is 0 Å². The quantitative estimate of drug-likeness (QED) is 0.704. The van der Waals surface area contributed by atoms with Crippen molar-refractivity contribution in [2.75, 3.05) is 24.1 Å². The molecule has 1 aliphatic heterocycles. The molecule has 0 spiro atoms. The first kappa shape index (κ1) is 15.1. The number of hydrogen-bond acceptors (Lipinski definition) is 6. The van der Waals surface area contributed by atoms with E-state index < -0.39 is 11.3 Å². The fourth-order valence-electron chi connectivity index (χ4n) is 2.59. The summed E-state index contributed by atoms with van der Waals surface area (Å²) < 4.78 is 23.6. The van der Waals surface area contributed by atoms with Crippen molar-refractivity contribution in [3.63, 3.8) is 0 Å². The molecular formula is C12H19N7O2S. The van der Waals surface area contributed by atoms with E-state index in [2.05, 4.69) is 20.3 Å². The molecule has 0 aliphatic carbocycles. The van der Waals surface area contributed by atoms with Gasteiger partial charge < -0.3 is 15.6 Å². The predicted molar refractivity (Wildman–Crippen MR) is 84.5 cm³/mol. The highest BCUT2D eigenvalue weighted by Gasteiger charge is 2.27. The summed E-state index contributed by atoms with van der Waals surface area (Å²) in [6.07, 6.45) is 2.47. The number of fused-ring (bicyclic) bond motifs is 1. The first-order chi connectivity index (χ1) is 10.5. The Morgan fingerprint density at radius 3 is 2.91 bits per heavy atom. The molecule has 22 heavy (non-hydrogen) atoms. The molecule has 2 unspecified atom stereocenters. The third-order valence-electron chi connectivity index (χ3n) is 3.71. The third kappa shape index (κ3) is 2.76. The normalized spacial score (nSPS) is 20.8. The average molecular weight is 325 g/mol. The van der Waals surface area contributed by atoms with Crippen LogP contribution < -0.4 is 11.1 Å². The fourth-order valence-corrected chi connectivity index (χ4v) is 3.16. The SMILES string of the molecule is CC(C)n1cnc2c(NC3CCN(S(=O)O)C3)nc(N)nc21. The van der Waals surface area contributed by atoms with Gasteiger partial charge in [-0.05, 0) is 20.3 Å². The number of hydrogen-bond donors (Lipinski definition) is 3. The van der Waals surface area contributed by atoms with Crippen LogP contribution in [-0.4, -0.2) is 51.7 Å². The van der Waals surface area contributed by atoms with E-state index in [1.807, 2.05) is 18.4 Å². The molecule has 3 heterocycles. The van der Waals surface area contributed by atoms with Crippen molar-refractivity contribution in [2.45, 2.75) is 32.4 Å². The van der Waals surface area contributed by atoms with Crippen LogP contribution in [0, 0.1) is 0 Å². The summed E-state index contributed by atoms with van der Waals surface area (Å²) in [6, 6.07) is 0.240. The number of aromatic nitrogens is 4. The van der Waals surface area contributed by atoms with Crippen molar-refractivity contribution in [3.05, 3.63) is 6.33 Å². The van der Waals surface area contributed by atoms with Crippen LogP contribution in [0.2, 0.25) is 0 Å². The maximum atomic E-state index is 11.1. The Morgan fingerprint density at radius 2 is 2.27 bits per heavy atom. The van der Waals surface area contributed by atoms with E-state index >= 15 is 0 Å². The lowest BCUT2D eigenvalue weighted by atomic mass is 10.2. The van der Waals surface area contributed by atoms with E-state index in [1.165, 1.54) is 4.31 Å². The van der Waals surface area contributed by atoms with E-state index in [4.69, 9.17) is 10.3 Å². The summed E-state index contributed by atoms with van der Waals surface area (Å²) in [7, 11) is 0. The monoisotopic (exact) mass is 325 g/mol. The minimum Gasteiger partial charge on any atom is -0.368 e. The Balaban J connectivity index is 1.89. The summed E-state index contributed by atoms with van der Waals surface area (Å²) in [5, 5.41) is 3.27. The van der Waals surface area contributed by atoms with E-state index in [1.54, 1.807) is 6.33 Å². The molecule has 0 bridgehead atoms. The van der Waals surface area contributed by atoms with Crippen LogP contribution in [0.4, 0.5) is 11.8 Å². The lowest BCUT2D eigenvalue weighted by Crippen LogP contribution is -2.27. The number of rotatable bonds is 4. The summed E-state index contributed by atoms with van der Waals surface area (Å²) in [4.78, 5) is 12.9. The first-order valence-corrected chi connectivity index (χ1v) is 8.14. The Bertz CT molecular complexity index is 717. The maximum absolute atomic E-state index is 11.1. The second kappa shape index (κ2) is 5.78. The number of nitrogens with two attached hydrogens (primary N) is 1. The minimum atomic E-state index is -1.94. The fraction of sp³-hybridized carbons (Fsp3) is 0.583. The Kier molecular flexibility index (Phi) is 3.98. The molecule has 0 saturated carbocycles. The molecule has 3 rings (SSSR count). The molecule has 1 fully saturated rings. The smallest absolute Gasteiger partial charge is 0.234 e. The van der Waals surface area contributed by atoms with Crippen LogP contribution in [0.5, 0.6) is 0 Å². The van der Waals surface area contributed by atoms with E-state index in [0.717, 1.165) is 6.42 Å². The molecule has 2 aromatic rings. The highest BCUT2D eigenvalue weighted by molar-refractivity contribution is 7.76. The van der Waals surface area contributed by atoms with Gasteiger partial charge in [-0.3, -0.25) is 4.55 Å². The van der Waals surface area contributed by atoms with Gasteiger partial charge in [0.2, 0.25) is 17.2 Å². The van der Waals surface area contributed by atoms with Gasteiger partial charge in [-0.1, -0.05) is 0 Å². The molecule has 2 atom stereocenters. The molecule has 120 valence electrons. The number of imidazole rings is 1. The van der Waals surface area contributed by atoms with Gasteiger partial charge in [-0.25, -0.2) is 9.19 Å². The van der Waals surface area contributed by atoms with Crippen molar-refractivity contribution >= 4 is 34.2 Å². The van der Waals surface area contributed by atoms with Crippen LogP contribution in [0.25, 0.3) is 11.2 Å². The summed E-state index contributed by atoms with van der Waals surface area (Å²) in [5.74, 6) is 0.746. The van der Waals surface area contributed by atoms with Gasteiger partial charge in [-0.15, -0.1) is 0 Å². The third-order valence-corrected chi connectivity index (χ3v) is 4.48. The van der Waals surface area contributed by atoms with Crippen LogP contribution in [0.3, 0.4) is 0 Å². The lowest BCUT2D eigenvalue weighted by Gasteiger charge is -2.14. The number of nitrogens with one attached hydrogen (secondary N) is 1. The summed E-state index contributed by atoms with van der Waals surface area (Å²) >= 11 is -1.94. The summed E-state index contributed by atoms with van der Waals surface area (Å²) in [5.41, 5.74) is 7.14. The zero-order valence-corrected chi connectivity index (χ0v) is 13.2. The first-order valence-electron chi connectivity index (χ1n) is 7.08. The minimum absolute atomic E-state index is 0.0257. The molecule has 0 amide bonds. The van der Waals surface area contributed by atoms with Gasteiger partial charge in [0.15, 0.2) is 17.0 Å². The van der Waals surface area contributed by atoms with Crippen molar-refractivity contribution < 1.29 is 8.76 Å². The van der Waals surface area contributed by atoms with Crippen molar-refractivity contribution in [2.24, 2.45) is 0 Å². The van der Waals surface area contributed by atoms with Gasteiger partial charge >= 0.3 is 0 Å². The van der Waals surface area contributed by atoms with Gasteiger partial charge in [-0.2, -0.15) is 14.3 Å². The Labute approximate surface area is 130 Å². The van der Waals surface area contributed by atoms with E-state index in [-0.39, 0.29) is 18.0 Å². The maximum Gasteiger partial charge on any atom is 0.234 e. The van der Waals surface area contributed by atoms with Gasteiger partial charge in [0.25, 0.3) is 0 Å². The second-order valence-corrected chi connectivity index (χ2v) is 6.57. The molecule has 0 aromatic carbocycles. The molecule has 1 aliphatic rings. The summed E-state index contributed by atoms with van der Waals surface area (Å²) in [6.45, 7) is 5.11. The Hall–Kier alpha value is -1.78. The van der Waals surface area contributed by atoms with E-state index in [9.17, 15) is 4.21 Å². The topological polar surface area (TPSA) is 122 Å². The van der Waals surface area contributed by atoms with Crippen molar-refractivity contribution in [1.82, 2.24) is 23.8 Å². The van der Waals surface area contributed by atoms with Gasteiger partial charge in [0, 0.05) is 25.2 Å². The molecule has 10 heteroatoms. The molecule has 0 radical (unpaired) electrons. The standard InChI is InChI=1S/C12H19N7O2S/c1-7(2)19-6-14-9-10(16-12(13)17-11(9)19)15-8-3-4-18(5-8)22(20)21/h6-8H,3-5H2,1-2H3,(H,20,21)(H3,13,15,16,17). The van der Waals surface area contributed by atoms with Crippen molar-refractivity contribution in [3.8, 4) is 0 Å². The number of nitrogen functional groups attached to an aromatic ring is 1. The number of nitrogens with zero attached hydrogens (tertiary/aromatic N) is 5. The highest BCUT2D eigenvalue weighted by Crippen LogP contribution is 2.24. The molecular weight excluding hydrogens is 306 g/mol. The molecule has 4 N–H and O–H groups in total. The van der Waals surface area contributed by atoms with Crippen LogP contribution in [0.15, 0.2) is 6.33 Å². The van der Waals surface area contributed by atoms with Crippen LogP contribution in [0.1, 0.15) is 26.3 Å². The van der Waals surface area contributed by atoms with Crippen LogP contribution in [-0.2, 0) is 11.3 Å². The molecule has 9 nitrogen and oxygen atoms in total. The van der Waals surface area contributed by atoms with E-state index in [0.29, 0.717) is 30.1 Å². The largest absolute Gasteiger partial charge is 0.368 e. The highest BCUT2D eigenvalue weighted by atomic mass is 32.2. The predicted octanol–water partition coefficient (Wildman–Crippen LogP) is 0.612. The zero-order valence-electron chi connectivity index (χ0n) is 12.4. The number of anilines is 2. The van der Waals surface area contributed by atoms with Gasteiger partial charge in [0.05, 0.1) is 6.33 Å². The molecule has 2 aromatic heterocycles. The van der Waals surface area contributed by atoms with Crippen LogP contribution >= 0.6 is 0 Å². The zero-order chi connectivity index (χ0) is 15.9. The second-order valence-electron chi connectivity index (χ2n) is 5.60. The van der Waals surface area contributed by atoms with Crippen molar-refractivity contribution in [1.29, 1.82) is 0 Å². The lowest BCUT2D eigenvalue weighted by molar-refractivity contribution is 0.451.